The summed E-state index contributed by atoms with van der Waals surface area (Å²) in [6.45, 7) is 0.914. The number of rotatable bonds is 6. The van der Waals surface area contributed by atoms with Gasteiger partial charge in [-0.1, -0.05) is 81.3 Å². The molecule has 266 valence electrons. The molecular weight excluding hydrogens is 644 g/mol. The van der Waals surface area contributed by atoms with E-state index in [0.29, 0.717) is 37.9 Å². The summed E-state index contributed by atoms with van der Waals surface area (Å²) in [5, 5.41) is 26.1. The fraction of sp³-hybridized carbons (Fsp3) is 0.559. The van der Waals surface area contributed by atoms with Gasteiger partial charge in [0.25, 0.3) is 0 Å². The minimum absolute atomic E-state index is 0.0303. The Labute approximate surface area is 284 Å². The first-order valence-electron chi connectivity index (χ1n) is 17.0. The Kier molecular flexibility index (Phi) is 12.4. The van der Waals surface area contributed by atoms with Crippen LogP contribution in [0.15, 0.2) is 48.5 Å². The third-order valence-electron chi connectivity index (χ3n) is 9.42. The molecule has 3 aliphatic heterocycles. The Morgan fingerprint density at radius 2 is 1.53 bits per heavy atom. The summed E-state index contributed by atoms with van der Waals surface area (Å²) in [5.74, 6) is -2.23. The van der Waals surface area contributed by atoms with Crippen LogP contribution in [0.5, 0.6) is 5.75 Å². The molecule has 0 saturated carbocycles. The molecule has 0 spiro atoms. The standard InChI is InChI=1S/C34H44BF3N4O7/c36-34(37,38)49-26-16-14-23(15-17-26)19-39-28-12-6-4-2-1-3-5-7-13-30(35(46)47)40-31(43)29-18-27(22-42(29)32(28)44)48-33(45)41-20-24-10-8-9-11-25(24)21-41/h8-11,14-17,27-30,39,46-47H,1-7,12-13,18-22H2,(H,40,43)/t27-,28?,29+,30-/m1/s1. The van der Waals surface area contributed by atoms with E-state index in [4.69, 9.17) is 4.74 Å². The number of carbonyl (C=O) groups excluding carboxylic acids is 3. The summed E-state index contributed by atoms with van der Waals surface area (Å²) in [5.41, 5.74) is 2.67. The molecule has 2 aromatic rings. The third-order valence-corrected chi connectivity index (χ3v) is 9.42. The van der Waals surface area contributed by atoms with Crippen LogP contribution in [0.3, 0.4) is 0 Å². The molecule has 3 amide bonds. The molecule has 49 heavy (non-hydrogen) atoms. The van der Waals surface area contributed by atoms with Crippen molar-refractivity contribution in [2.24, 2.45) is 0 Å². The number of hydrogen-bond donors (Lipinski definition) is 4. The van der Waals surface area contributed by atoms with E-state index in [1.54, 1.807) is 4.90 Å². The quantitative estimate of drug-likeness (QED) is 0.332. The van der Waals surface area contributed by atoms with Crippen LogP contribution in [0, 0.1) is 0 Å². The molecule has 0 radical (unpaired) electrons. The Morgan fingerprint density at radius 1 is 0.918 bits per heavy atom. The Bertz CT molecular complexity index is 1410. The Hall–Kier alpha value is -3.82. The number of ether oxygens (including phenoxy) is 2. The van der Waals surface area contributed by atoms with Gasteiger partial charge in [-0.05, 0) is 41.7 Å². The molecule has 1 unspecified atom stereocenters. The van der Waals surface area contributed by atoms with Crippen molar-refractivity contribution in [3.05, 3.63) is 65.2 Å². The molecule has 0 bridgehead atoms. The van der Waals surface area contributed by atoms with Gasteiger partial charge >= 0.3 is 19.6 Å². The molecule has 0 aromatic heterocycles. The van der Waals surface area contributed by atoms with Crippen molar-refractivity contribution >= 4 is 25.0 Å². The minimum atomic E-state index is -4.81. The van der Waals surface area contributed by atoms with E-state index in [9.17, 15) is 37.6 Å². The van der Waals surface area contributed by atoms with Gasteiger partial charge in [-0.2, -0.15) is 0 Å². The maximum atomic E-state index is 14.2. The largest absolute Gasteiger partial charge is 0.573 e. The van der Waals surface area contributed by atoms with Crippen molar-refractivity contribution in [3.8, 4) is 5.75 Å². The number of alkyl halides is 3. The minimum Gasteiger partial charge on any atom is -0.444 e. The van der Waals surface area contributed by atoms with Gasteiger partial charge in [0.1, 0.15) is 17.9 Å². The number of amides is 3. The summed E-state index contributed by atoms with van der Waals surface area (Å²) in [6.07, 6.45) is 0.809. The molecule has 4 atom stereocenters. The van der Waals surface area contributed by atoms with Gasteiger partial charge in [-0.15, -0.1) is 13.2 Å². The van der Waals surface area contributed by atoms with Crippen molar-refractivity contribution in [1.82, 2.24) is 20.4 Å². The number of fused-ring (bicyclic) bond motifs is 2. The molecule has 4 N–H and O–H groups in total. The van der Waals surface area contributed by atoms with Crippen molar-refractivity contribution in [2.75, 3.05) is 6.54 Å². The zero-order chi connectivity index (χ0) is 35.0. The van der Waals surface area contributed by atoms with E-state index in [-0.39, 0.29) is 31.2 Å². The van der Waals surface area contributed by atoms with Crippen LogP contribution in [0.25, 0.3) is 0 Å². The Balaban J connectivity index is 1.32. The van der Waals surface area contributed by atoms with Gasteiger partial charge in [0, 0.05) is 26.1 Å². The number of carbonyl (C=O) groups is 3. The molecule has 2 aromatic carbocycles. The summed E-state index contributed by atoms with van der Waals surface area (Å²) in [7, 11) is -1.79. The summed E-state index contributed by atoms with van der Waals surface area (Å²) < 4.78 is 47.7. The first kappa shape index (κ1) is 36.5. The molecule has 15 heteroatoms. The van der Waals surface area contributed by atoms with Crippen LogP contribution >= 0.6 is 0 Å². The van der Waals surface area contributed by atoms with Gasteiger partial charge < -0.3 is 35.1 Å². The van der Waals surface area contributed by atoms with E-state index in [2.05, 4.69) is 15.4 Å². The van der Waals surface area contributed by atoms with Crippen LogP contribution in [0.2, 0.25) is 0 Å². The monoisotopic (exact) mass is 688 g/mol. The van der Waals surface area contributed by atoms with Crippen molar-refractivity contribution in [3.63, 3.8) is 0 Å². The molecule has 3 heterocycles. The molecule has 2 fully saturated rings. The topological polar surface area (TPSA) is 141 Å². The zero-order valence-electron chi connectivity index (χ0n) is 27.4. The highest BCUT2D eigenvalue weighted by Crippen LogP contribution is 2.28. The average molecular weight is 689 g/mol. The van der Waals surface area contributed by atoms with E-state index in [0.717, 1.165) is 49.7 Å². The van der Waals surface area contributed by atoms with E-state index >= 15 is 0 Å². The van der Waals surface area contributed by atoms with Crippen LogP contribution in [-0.4, -0.2) is 81.9 Å². The van der Waals surface area contributed by atoms with Crippen molar-refractivity contribution in [2.45, 2.75) is 114 Å². The highest BCUT2D eigenvalue weighted by Gasteiger charge is 2.44. The van der Waals surface area contributed by atoms with Crippen LogP contribution < -0.4 is 15.4 Å². The van der Waals surface area contributed by atoms with Crippen molar-refractivity contribution in [1.29, 1.82) is 0 Å². The fourth-order valence-corrected chi connectivity index (χ4v) is 6.79. The zero-order valence-corrected chi connectivity index (χ0v) is 27.4. The van der Waals surface area contributed by atoms with Gasteiger partial charge in [0.05, 0.1) is 18.5 Å². The predicted octanol–water partition coefficient (Wildman–Crippen LogP) is 4.19. The molecular formula is C34H44BF3N4O7. The van der Waals surface area contributed by atoms with Gasteiger partial charge in [-0.25, -0.2) is 4.79 Å². The number of nitrogens with zero attached hydrogens (tertiary/aromatic N) is 2. The second-order valence-electron chi connectivity index (χ2n) is 13.1. The maximum absolute atomic E-state index is 14.2. The van der Waals surface area contributed by atoms with E-state index in [1.807, 2.05) is 24.3 Å². The normalized spacial score (nSPS) is 24.2. The van der Waals surface area contributed by atoms with Gasteiger partial charge in [0.15, 0.2) is 0 Å². The molecule has 2 saturated heterocycles. The Morgan fingerprint density at radius 3 is 2.14 bits per heavy atom. The summed E-state index contributed by atoms with van der Waals surface area (Å²) in [6, 6.07) is 11.3. The maximum Gasteiger partial charge on any atom is 0.573 e. The second-order valence-corrected chi connectivity index (χ2v) is 13.1. The highest BCUT2D eigenvalue weighted by atomic mass is 19.4. The lowest BCUT2D eigenvalue weighted by Gasteiger charge is -2.30. The number of benzene rings is 2. The van der Waals surface area contributed by atoms with Crippen LogP contribution in [0.1, 0.15) is 80.9 Å². The van der Waals surface area contributed by atoms with Crippen LogP contribution in [0.4, 0.5) is 18.0 Å². The fourth-order valence-electron chi connectivity index (χ4n) is 6.79. The molecule has 11 nitrogen and oxygen atoms in total. The smallest absolute Gasteiger partial charge is 0.444 e. The lowest BCUT2D eigenvalue weighted by Crippen LogP contribution is -2.56. The number of halogens is 3. The predicted molar refractivity (Wildman–Crippen MR) is 174 cm³/mol. The second kappa shape index (κ2) is 16.7. The van der Waals surface area contributed by atoms with Crippen molar-refractivity contribution < 1.29 is 47.1 Å². The highest BCUT2D eigenvalue weighted by molar-refractivity contribution is 6.43. The lowest BCUT2D eigenvalue weighted by molar-refractivity contribution is -0.274. The summed E-state index contributed by atoms with van der Waals surface area (Å²) >= 11 is 0. The van der Waals surface area contributed by atoms with Gasteiger partial charge in [0.2, 0.25) is 11.8 Å². The molecule has 3 aliphatic rings. The van der Waals surface area contributed by atoms with E-state index in [1.165, 1.54) is 29.2 Å². The number of nitrogens with one attached hydrogen (secondary N) is 2. The third kappa shape index (κ3) is 10.3. The lowest BCUT2D eigenvalue weighted by atomic mass is 9.76. The first-order chi connectivity index (χ1) is 23.5. The number of hydrogen-bond acceptors (Lipinski definition) is 8. The molecule has 0 aliphatic carbocycles. The molecule has 5 rings (SSSR count). The van der Waals surface area contributed by atoms with Crippen LogP contribution in [-0.2, 0) is 34.0 Å². The average Bonchev–Trinajstić information content (AvgIpc) is 3.69. The first-order valence-corrected chi connectivity index (χ1v) is 17.0. The van der Waals surface area contributed by atoms with E-state index < -0.39 is 49.6 Å². The summed E-state index contributed by atoms with van der Waals surface area (Å²) in [4.78, 5) is 44.1. The SMILES string of the molecule is O=C1N[C@@H](B(O)O)CCCCCCCCCC(NCc2ccc(OC(F)(F)F)cc2)C(=O)N2C[C@H](OC(=O)N3Cc4ccccc4C3)C[C@@H]12. The van der Waals surface area contributed by atoms with Gasteiger partial charge in [-0.3, -0.25) is 14.5 Å².